The van der Waals surface area contributed by atoms with Crippen LogP contribution in [0.25, 0.3) is 0 Å². The molecular formula is C19H18N2O5. The van der Waals surface area contributed by atoms with Crippen molar-refractivity contribution in [3.63, 3.8) is 0 Å². The second-order valence-electron chi connectivity index (χ2n) is 5.71. The number of carbonyl (C=O) groups is 3. The summed E-state index contributed by atoms with van der Waals surface area (Å²) < 4.78 is 10.3. The number of nitrogens with one attached hydrogen (secondary N) is 2. The Balaban J connectivity index is 1.42. The number of hydrogen-bond acceptors (Lipinski definition) is 5. The first-order valence-corrected chi connectivity index (χ1v) is 8.16. The SMILES string of the molecule is O=C(COC(=O)c1ccc2c(c1)CCO2)NC(=O)NCc1ccccc1. The molecule has 0 saturated carbocycles. The highest BCUT2D eigenvalue weighted by atomic mass is 16.5. The smallest absolute Gasteiger partial charge is 0.338 e. The molecule has 0 fully saturated rings. The lowest BCUT2D eigenvalue weighted by atomic mass is 10.1. The number of hydrogen-bond donors (Lipinski definition) is 2. The van der Waals surface area contributed by atoms with Crippen LogP contribution in [0.3, 0.4) is 0 Å². The molecule has 2 aromatic rings. The van der Waals surface area contributed by atoms with Gasteiger partial charge in [-0.05, 0) is 29.3 Å². The van der Waals surface area contributed by atoms with E-state index in [1.54, 1.807) is 18.2 Å². The molecule has 0 aliphatic carbocycles. The average molecular weight is 354 g/mol. The van der Waals surface area contributed by atoms with Gasteiger partial charge in [0, 0.05) is 13.0 Å². The van der Waals surface area contributed by atoms with Crippen LogP contribution in [0.2, 0.25) is 0 Å². The first kappa shape index (κ1) is 17.5. The number of rotatable bonds is 5. The minimum atomic E-state index is -0.701. The second kappa shape index (κ2) is 8.15. The monoisotopic (exact) mass is 354 g/mol. The van der Waals surface area contributed by atoms with Gasteiger partial charge in [0.25, 0.3) is 5.91 Å². The molecule has 0 atom stereocenters. The highest BCUT2D eigenvalue weighted by Gasteiger charge is 2.17. The molecule has 3 amide bonds. The van der Waals surface area contributed by atoms with Crippen LogP contribution in [0, 0.1) is 0 Å². The summed E-state index contributed by atoms with van der Waals surface area (Å²) in [4.78, 5) is 35.4. The number of urea groups is 1. The fourth-order valence-electron chi connectivity index (χ4n) is 2.51. The molecule has 1 heterocycles. The maximum atomic E-state index is 12.0. The summed E-state index contributed by atoms with van der Waals surface area (Å²) in [7, 11) is 0. The summed E-state index contributed by atoms with van der Waals surface area (Å²) in [5, 5.41) is 4.66. The van der Waals surface area contributed by atoms with E-state index < -0.39 is 24.5 Å². The maximum Gasteiger partial charge on any atom is 0.338 e. The van der Waals surface area contributed by atoms with Gasteiger partial charge in [-0.25, -0.2) is 9.59 Å². The fraction of sp³-hybridized carbons (Fsp3) is 0.211. The Morgan fingerprint density at radius 2 is 1.88 bits per heavy atom. The van der Waals surface area contributed by atoms with Crippen molar-refractivity contribution in [3.8, 4) is 5.75 Å². The molecule has 2 aromatic carbocycles. The molecule has 2 N–H and O–H groups in total. The van der Waals surface area contributed by atoms with E-state index in [9.17, 15) is 14.4 Å². The van der Waals surface area contributed by atoms with Crippen molar-refractivity contribution in [2.45, 2.75) is 13.0 Å². The van der Waals surface area contributed by atoms with Crippen LogP contribution in [0.4, 0.5) is 4.79 Å². The molecule has 0 aromatic heterocycles. The Kier molecular flexibility index (Phi) is 5.48. The average Bonchev–Trinajstić information content (AvgIpc) is 3.13. The third-order valence-electron chi connectivity index (χ3n) is 3.81. The molecule has 7 nitrogen and oxygen atoms in total. The minimum absolute atomic E-state index is 0.289. The third-order valence-corrected chi connectivity index (χ3v) is 3.81. The predicted molar refractivity (Wildman–Crippen MR) is 92.7 cm³/mol. The Bertz CT molecular complexity index is 820. The van der Waals surface area contributed by atoms with Crippen molar-refractivity contribution in [2.75, 3.05) is 13.2 Å². The molecule has 1 aliphatic heterocycles. The zero-order chi connectivity index (χ0) is 18.4. The number of esters is 1. The summed E-state index contributed by atoms with van der Waals surface area (Å²) >= 11 is 0. The lowest BCUT2D eigenvalue weighted by Crippen LogP contribution is -2.41. The summed E-state index contributed by atoms with van der Waals surface area (Å²) in [6.45, 7) is 0.344. The highest BCUT2D eigenvalue weighted by Crippen LogP contribution is 2.26. The molecule has 3 rings (SSSR count). The number of benzene rings is 2. The molecule has 7 heteroatoms. The van der Waals surface area contributed by atoms with E-state index in [2.05, 4.69) is 10.6 Å². The minimum Gasteiger partial charge on any atom is -0.493 e. The second-order valence-corrected chi connectivity index (χ2v) is 5.71. The fourth-order valence-corrected chi connectivity index (χ4v) is 2.51. The van der Waals surface area contributed by atoms with Crippen molar-refractivity contribution in [3.05, 3.63) is 65.2 Å². The molecule has 0 unspecified atom stereocenters. The molecule has 26 heavy (non-hydrogen) atoms. The summed E-state index contributed by atoms with van der Waals surface area (Å²) in [5.74, 6) is -0.567. The van der Waals surface area contributed by atoms with E-state index in [1.807, 2.05) is 30.3 Å². The van der Waals surface area contributed by atoms with Gasteiger partial charge in [-0.2, -0.15) is 0 Å². The zero-order valence-electron chi connectivity index (χ0n) is 14.0. The molecule has 134 valence electrons. The Hall–Kier alpha value is -3.35. The van der Waals surface area contributed by atoms with Gasteiger partial charge in [-0.1, -0.05) is 30.3 Å². The van der Waals surface area contributed by atoms with E-state index in [-0.39, 0.29) is 6.54 Å². The van der Waals surface area contributed by atoms with Gasteiger partial charge in [0.05, 0.1) is 12.2 Å². The quantitative estimate of drug-likeness (QED) is 0.799. The largest absolute Gasteiger partial charge is 0.493 e. The zero-order valence-corrected chi connectivity index (χ0v) is 14.0. The molecule has 1 aliphatic rings. The number of ether oxygens (including phenoxy) is 2. The predicted octanol–water partition coefficient (Wildman–Crippen LogP) is 1.80. The van der Waals surface area contributed by atoms with E-state index >= 15 is 0 Å². The van der Waals surface area contributed by atoms with Crippen LogP contribution in [-0.2, 0) is 22.5 Å². The van der Waals surface area contributed by atoms with Gasteiger partial charge < -0.3 is 14.8 Å². The van der Waals surface area contributed by atoms with Gasteiger partial charge in [0.15, 0.2) is 6.61 Å². The maximum absolute atomic E-state index is 12.0. The van der Waals surface area contributed by atoms with Crippen molar-refractivity contribution in [1.82, 2.24) is 10.6 Å². The van der Waals surface area contributed by atoms with E-state index in [1.165, 1.54) is 0 Å². The van der Waals surface area contributed by atoms with Crippen LogP contribution in [-0.4, -0.2) is 31.1 Å². The van der Waals surface area contributed by atoms with Crippen molar-refractivity contribution in [1.29, 1.82) is 0 Å². The Morgan fingerprint density at radius 3 is 2.69 bits per heavy atom. The van der Waals surface area contributed by atoms with Crippen LogP contribution < -0.4 is 15.4 Å². The van der Waals surface area contributed by atoms with Crippen molar-refractivity contribution < 1.29 is 23.9 Å². The first-order valence-electron chi connectivity index (χ1n) is 8.16. The van der Waals surface area contributed by atoms with Crippen LogP contribution >= 0.6 is 0 Å². The molecule has 0 bridgehead atoms. The molecular weight excluding hydrogens is 336 g/mol. The van der Waals surface area contributed by atoms with Gasteiger partial charge in [-0.3, -0.25) is 10.1 Å². The topological polar surface area (TPSA) is 93.7 Å². The van der Waals surface area contributed by atoms with Crippen LogP contribution in [0.1, 0.15) is 21.5 Å². The number of imide groups is 1. The number of fused-ring (bicyclic) bond motifs is 1. The summed E-state index contributed by atoms with van der Waals surface area (Å²) in [6, 6.07) is 13.6. The van der Waals surface area contributed by atoms with E-state index in [0.717, 1.165) is 23.3 Å². The van der Waals surface area contributed by atoms with E-state index in [4.69, 9.17) is 9.47 Å². The van der Waals surface area contributed by atoms with Gasteiger partial charge in [0.2, 0.25) is 0 Å². The molecule has 0 spiro atoms. The Morgan fingerprint density at radius 1 is 1.08 bits per heavy atom. The van der Waals surface area contributed by atoms with E-state index in [0.29, 0.717) is 12.2 Å². The lowest BCUT2D eigenvalue weighted by Gasteiger charge is -2.08. The first-order chi connectivity index (χ1) is 12.6. The van der Waals surface area contributed by atoms with Gasteiger partial charge in [0.1, 0.15) is 5.75 Å². The molecule has 0 radical (unpaired) electrons. The standard InChI is InChI=1S/C19H18N2O5/c22-17(21-19(24)20-11-13-4-2-1-3-5-13)12-26-18(23)15-6-7-16-14(10-15)8-9-25-16/h1-7,10H,8-9,11-12H2,(H2,20,21,22,24). The number of amides is 3. The van der Waals surface area contributed by atoms with Gasteiger partial charge in [-0.15, -0.1) is 0 Å². The van der Waals surface area contributed by atoms with Crippen LogP contribution in [0.15, 0.2) is 48.5 Å². The molecule has 0 saturated heterocycles. The third kappa shape index (κ3) is 4.60. The summed E-state index contributed by atoms with van der Waals surface area (Å²) in [5.41, 5.74) is 2.18. The number of carbonyl (C=O) groups excluding carboxylic acids is 3. The summed E-state index contributed by atoms with van der Waals surface area (Å²) in [6.07, 6.45) is 0.735. The van der Waals surface area contributed by atoms with Crippen molar-refractivity contribution in [2.24, 2.45) is 0 Å². The lowest BCUT2D eigenvalue weighted by molar-refractivity contribution is -0.123. The van der Waals surface area contributed by atoms with Crippen molar-refractivity contribution >= 4 is 17.9 Å². The van der Waals surface area contributed by atoms with Crippen LogP contribution in [0.5, 0.6) is 5.75 Å². The van der Waals surface area contributed by atoms with Gasteiger partial charge >= 0.3 is 12.0 Å². The highest BCUT2D eigenvalue weighted by molar-refractivity contribution is 5.97. The Labute approximate surface area is 150 Å². The normalized spacial score (nSPS) is 11.8.